The molecule has 0 atom stereocenters. The van der Waals surface area contributed by atoms with Crippen molar-refractivity contribution in [1.82, 2.24) is 0 Å². The lowest BCUT2D eigenvalue weighted by Gasteiger charge is -1.99. The van der Waals surface area contributed by atoms with Crippen molar-refractivity contribution in [3.63, 3.8) is 0 Å². The molecule has 0 saturated heterocycles. The Hall–Kier alpha value is -0.710. The van der Waals surface area contributed by atoms with Crippen molar-refractivity contribution in [3.05, 3.63) is 0 Å². The quantitative estimate of drug-likeness (QED) is 0.326. The summed E-state index contributed by atoms with van der Waals surface area (Å²) >= 11 is 0. The van der Waals surface area contributed by atoms with Gasteiger partial charge >= 0.3 is 13.6 Å². The highest BCUT2D eigenvalue weighted by Crippen LogP contribution is 2.33. The molecule has 0 unspecified atom stereocenters. The second-order valence-electron chi connectivity index (χ2n) is 1.61. The highest BCUT2D eigenvalue weighted by Gasteiger charge is 2.20. The number of carboxylic acid groups (broad SMARTS) is 1. The number of hydrogen-bond donors (Lipinski definition) is 4. The van der Waals surface area contributed by atoms with E-state index in [2.05, 4.69) is 0 Å². The maximum Gasteiger partial charge on any atom is 0.350 e. The van der Waals surface area contributed by atoms with Crippen LogP contribution in [0.1, 0.15) is 0 Å². The molecule has 0 spiro atoms. The van der Waals surface area contributed by atoms with Crippen LogP contribution in [0.3, 0.4) is 0 Å². The van der Waals surface area contributed by atoms with E-state index >= 15 is 0 Å². The lowest BCUT2D eigenvalue weighted by atomic mass is 10.4. The smallest absolute Gasteiger partial charge is 0.350 e. The summed E-state index contributed by atoms with van der Waals surface area (Å²) in [7, 11) is -4.38. The first-order valence-electron chi connectivity index (χ1n) is 2.18. The molecular weight excluding hydrogens is 161 g/mol. The second-order valence-corrected chi connectivity index (χ2v) is 3.25. The Morgan fingerprint density at radius 1 is 1.50 bits per heavy atom. The maximum absolute atomic E-state index is 10.0. The number of hydrogen-bond acceptors (Lipinski definition) is 3. The zero-order valence-corrected chi connectivity index (χ0v) is 5.71. The Bertz CT molecular complexity index is 205. The molecule has 0 aromatic heterocycles. The van der Waals surface area contributed by atoms with Crippen LogP contribution >= 0.6 is 7.60 Å². The van der Waals surface area contributed by atoms with Crippen LogP contribution in [0.5, 0.6) is 0 Å². The molecule has 0 bridgehead atoms. The van der Waals surface area contributed by atoms with E-state index in [-0.39, 0.29) is 0 Å². The largest absolute Gasteiger partial charge is 0.477 e. The van der Waals surface area contributed by atoms with Crippen molar-refractivity contribution in [1.29, 1.82) is 5.41 Å². The summed E-state index contributed by atoms with van der Waals surface area (Å²) < 4.78 is 10.0. The van der Waals surface area contributed by atoms with Gasteiger partial charge in [0.25, 0.3) is 0 Å². The van der Waals surface area contributed by atoms with Gasteiger partial charge in [-0.3, -0.25) is 9.97 Å². The van der Waals surface area contributed by atoms with E-state index in [0.29, 0.717) is 0 Å². The van der Waals surface area contributed by atoms with Crippen LogP contribution in [-0.2, 0) is 9.36 Å². The van der Waals surface area contributed by atoms with Gasteiger partial charge in [0.1, 0.15) is 5.71 Å². The van der Waals surface area contributed by atoms with E-state index in [1.54, 1.807) is 0 Å². The topological polar surface area (TPSA) is 119 Å². The third kappa shape index (κ3) is 4.20. The van der Waals surface area contributed by atoms with Gasteiger partial charge in [-0.05, 0) is 0 Å². The third-order valence-electron chi connectivity index (χ3n) is 0.622. The summed E-state index contributed by atoms with van der Waals surface area (Å²) in [5.41, 5.74) is -0.978. The van der Waals surface area contributed by atoms with Crippen LogP contribution in [0.15, 0.2) is 0 Å². The lowest BCUT2D eigenvalue weighted by Crippen LogP contribution is -2.15. The van der Waals surface area contributed by atoms with Gasteiger partial charge in [-0.25, -0.2) is 4.79 Å². The Labute approximate surface area is 56.2 Å². The summed E-state index contributed by atoms with van der Waals surface area (Å²) in [5.74, 6) is -1.61. The fraction of sp³-hybridized carbons (Fsp3) is 0.333. The van der Waals surface area contributed by atoms with E-state index < -0.39 is 25.4 Å². The van der Waals surface area contributed by atoms with Gasteiger partial charge in [-0.2, -0.15) is 0 Å². The molecule has 0 rings (SSSR count). The number of rotatable bonds is 3. The van der Waals surface area contributed by atoms with Crippen LogP contribution < -0.4 is 0 Å². The first-order valence-corrected chi connectivity index (χ1v) is 3.98. The first kappa shape index (κ1) is 9.29. The van der Waals surface area contributed by atoms with E-state index in [0.717, 1.165) is 0 Å². The Balaban J connectivity index is 4.07. The lowest BCUT2D eigenvalue weighted by molar-refractivity contribution is -0.129. The molecule has 0 amide bonds. The molecule has 58 valence electrons. The van der Waals surface area contributed by atoms with E-state index in [4.69, 9.17) is 20.3 Å². The summed E-state index contributed by atoms with van der Waals surface area (Å²) in [4.78, 5) is 26.1. The average Bonchev–Trinajstić information content (AvgIpc) is 1.60. The van der Waals surface area contributed by atoms with Gasteiger partial charge in [0.15, 0.2) is 0 Å². The van der Waals surface area contributed by atoms with Gasteiger partial charge in [0.05, 0.1) is 6.16 Å². The van der Waals surface area contributed by atoms with E-state index in [9.17, 15) is 9.36 Å². The van der Waals surface area contributed by atoms with Gasteiger partial charge in [-0.1, -0.05) is 0 Å². The number of carbonyl (C=O) groups is 1. The van der Waals surface area contributed by atoms with Gasteiger partial charge in [-0.15, -0.1) is 0 Å². The Morgan fingerprint density at radius 2 is 1.90 bits per heavy atom. The monoisotopic (exact) mass is 167 g/mol. The highest BCUT2D eigenvalue weighted by molar-refractivity contribution is 7.53. The van der Waals surface area contributed by atoms with Gasteiger partial charge in [0.2, 0.25) is 0 Å². The Morgan fingerprint density at radius 3 is 2.00 bits per heavy atom. The molecule has 0 aliphatic heterocycles. The highest BCUT2D eigenvalue weighted by atomic mass is 31.2. The fourth-order valence-electron chi connectivity index (χ4n) is 0.274. The average molecular weight is 167 g/mol. The zero-order chi connectivity index (χ0) is 8.36. The van der Waals surface area contributed by atoms with Crippen molar-refractivity contribution >= 4 is 19.3 Å². The summed E-state index contributed by atoms with van der Waals surface area (Å²) in [5, 5.41) is 14.5. The molecule has 0 radical (unpaired) electrons. The molecule has 6 nitrogen and oxygen atoms in total. The van der Waals surface area contributed by atoms with Crippen molar-refractivity contribution in [2.24, 2.45) is 0 Å². The SMILES string of the molecule is N=C(CP(=O)(O)O)C(=O)O. The molecule has 4 N–H and O–H groups in total. The number of carboxylic acids is 1. The van der Waals surface area contributed by atoms with Crippen molar-refractivity contribution in [3.8, 4) is 0 Å². The molecule has 0 aromatic carbocycles. The molecule has 0 aliphatic rings. The Kier molecular flexibility index (Phi) is 2.71. The van der Waals surface area contributed by atoms with Gasteiger partial charge < -0.3 is 14.9 Å². The fourth-order valence-corrected chi connectivity index (χ4v) is 0.821. The van der Waals surface area contributed by atoms with Crippen molar-refractivity contribution in [2.75, 3.05) is 6.16 Å². The summed E-state index contributed by atoms with van der Waals surface area (Å²) in [6.45, 7) is 0. The zero-order valence-electron chi connectivity index (χ0n) is 4.81. The predicted octanol–water partition coefficient (Wildman–Crippen LogP) is -0.732. The minimum absolute atomic E-state index is 0.978. The van der Waals surface area contributed by atoms with E-state index in [1.165, 1.54) is 0 Å². The first-order chi connectivity index (χ1) is 4.33. The van der Waals surface area contributed by atoms with Crippen LogP contribution in [0.2, 0.25) is 0 Å². The molecular formula is C3H6NO5P. The number of aliphatic carboxylic acids is 1. The molecule has 0 fully saturated rings. The molecule has 10 heavy (non-hydrogen) atoms. The normalized spacial score (nSPS) is 11.0. The molecule has 0 saturated carbocycles. The minimum atomic E-state index is -4.38. The molecule has 0 heterocycles. The molecule has 0 aliphatic carbocycles. The van der Waals surface area contributed by atoms with Crippen LogP contribution in [0.4, 0.5) is 0 Å². The van der Waals surface area contributed by atoms with E-state index in [1.807, 2.05) is 0 Å². The minimum Gasteiger partial charge on any atom is -0.477 e. The predicted molar refractivity (Wildman–Crippen MR) is 32.3 cm³/mol. The van der Waals surface area contributed by atoms with Crippen LogP contribution in [0, 0.1) is 5.41 Å². The standard InChI is InChI=1S/C3H6NO5P/c4-2(3(5)6)1-10(7,8)9/h4H,1H2,(H,5,6)(H2,7,8,9). The van der Waals surface area contributed by atoms with Crippen LogP contribution in [-0.4, -0.2) is 32.7 Å². The number of nitrogens with one attached hydrogen (secondary N) is 1. The van der Waals surface area contributed by atoms with Crippen molar-refractivity contribution in [2.45, 2.75) is 0 Å². The summed E-state index contributed by atoms with van der Waals surface area (Å²) in [6, 6.07) is 0. The second kappa shape index (κ2) is 2.92. The molecule has 0 aromatic rings. The third-order valence-corrected chi connectivity index (χ3v) is 1.35. The maximum atomic E-state index is 10.0. The van der Waals surface area contributed by atoms with Crippen molar-refractivity contribution < 1.29 is 24.3 Å². The van der Waals surface area contributed by atoms with Crippen LogP contribution in [0.25, 0.3) is 0 Å². The molecule has 7 heteroatoms. The summed E-state index contributed by atoms with van der Waals surface area (Å²) in [6.07, 6.45) is -1.01. The van der Waals surface area contributed by atoms with Gasteiger partial charge in [0, 0.05) is 0 Å².